The first-order valence-corrected chi connectivity index (χ1v) is 8.61. The van der Waals surface area contributed by atoms with Crippen molar-refractivity contribution < 1.29 is 29.5 Å². The highest BCUT2D eigenvalue weighted by Gasteiger charge is 2.26. The lowest BCUT2D eigenvalue weighted by Crippen LogP contribution is -1.93. The largest absolute Gasteiger partial charge is 0.453 e. The van der Waals surface area contributed by atoms with E-state index in [2.05, 4.69) is 30.4 Å². The van der Waals surface area contributed by atoms with Gasteiger partial charge in [-0.25, -0.2) is 0 Å². The van der Waals surface area contributed by atoms with E-state index in [4.69, 9.17) is 0 Å². The molecule has 0 bridgehead atoms. The van der Waals surface area contributed by atoms with Crippen molar-refractivity contribution in [2.75, 3.05) is 0 Å². The Morgan fingerprint density at radius 2 is 0.842 bits per heavy atom. The van der Waals surface area contributed by atoms with E-state index < -0.39 is 64.4 Å². The lowest BCUT2D eigenvalue weighted by molar-refractivity contribution is -0.424. The van der Waals surface area contributed by atoms with Crippen molar-refractivity contribution in [3.63, 3.8) is 0 Å². The third-order valence-electron chi connectivity index (χ3n) is 3.45. The minimum absolute atomic E-state index is 0.198. The highest BCUT2D eigenvalue weighted by Crippen LogP contribution is 2.22. The van der Waals surface area contributed by atoms with Crippen LogP contribution in [0.3, 0.4) is 0 Å². The number of hydrogen-bond acceptors (Lipinski definition) is 18. The lowest BCUT2D eigenvalue weighted by Gasteiger charge is -1.86. The van der Waals surface area contributed by atoms with Crippen molar-refractivity contribution in [2.24, 2.45) is 0 Å². The Morgan fingerprint density at radius 3 is 1.05 bits per heavy atom. The summed E-state index contributed by atoms with van der Waals surface area (Å²) in [5.74, 6) is -2.98. The van der Waals surface area contributed by atoms with E-state index in [1.165, 1.54) is 0 Å². The van der Waals surface area contributed by atoms with E-state index in [1.54, 1.807) is 0 Å². The molecule has 4 aromatic heterocycles. The second-order valence-corrected chi connectivity index (χ2v) is 5.72. The van der Waals surface area contributed by atoms with Crippen LogP contribution in [-0.2, 0) is 0 Å². The van der Waals surface area contributed by atoms with Crippen molar-refractivity contribution in [3.05, 3.63) is 73.1 Å². The first kappa shape index (κ1) is 27.3. The normalized spacial score (nSPS) is 9.79. The summed E-state index contributed by atoms with van der Waals surface area (Å²) in [6.07, 6.45) is 1.58. The molecule has 0 amide bonds. The van der Waals surface area contributed by atoms with Crippen LogP contribution in [0.15, 0.2) is 12.4 Å². The number of aromatic nitrogens is 10. The van der Waals surface area contributed by atoms with Gasteiger partial charge in [-0.3, -0.25) is 20.2 Å². The summed E-state index contributed by atoms with van der Waals surface area (Å²) in [5.41, 5.74) is -1.26. The summed E-state index contributed by atoms with van der Waals surface area (Å²) in [6.45, 7) is 0. The van der Waals surface area contributed by atoms with Gasteiger partial charge in [0.15, 0.2) is 12.4 Å². The monoisotopic (exact) mass is 542 g/mol. The average molecular weight is 542 g/mol. The molecule has 198 valence electrons. The standard InChI is InChI=1S/C4H2N8O4.2C3H2N4O4/c13-11(14)3-5-1(7-9-3)2-6-4(10-8-2)12(15)16;2*8-6(9)2-1-4-5-3(2)7(10)11/h(H,5,7,9)(H,6,8,10);2*1H,(H,4,5). The molecule has 38 heavy (non-hydrogen) atoms. The molecule has 28 heteroatoms. The molecular weight excluding hydrogens is 536 g/mol. The number of H-pyrrole nitrogens is 4. The minimum Gasteiger partial charge on any atom is -0.390 e. The third-order valence-corrected chi connectivity index (χ3v) is 3.45. The summed E-state index contributed by atoms with van der Waals surface area (Å²) in [7, 11) is 0. The quantitative estimate of drug-likeness (QED) is 0.174. The Kier molecular flexibility index (Phi) is 8.27. The zero-order chi connectivity index (χ0) is 28.6. The maximum absolute atomic E-state index is 10.3. The van der Waals surface area contributed by atoms with E-state index >= 15 is 0 Å². The topological polar surface area (TPSA) is 399 Å². The van der Waals surface area contributed by atoms with Gasteiger partial charge in [-0.05, 0) is 29.7 Å². The Morgan fingerprint density at radius 1 is 0.500 bits per heavy atom. The number of hydrogen-bond donors (Lipinski definition) is 4. The average Bonchev–Trinajstić information content (AvgIpc) is 3.64. The molecule has 0 atom stereocenters. The van der Waals surface area contributed by atoms with E-state index in [9.17, 15) is 60.7 Å². The van der Waals surface area contributed by atoms with E-state index in [0.29, 0.717) is 0 Å². The number of nitrogens with one attached hydrogen (secondary N) is 4. The molecule has 4 aromatic rings. The molecule has 0 fully saturated rings. The molecule has 0 aliphatic rings. The molecule has 0 radical (unpaired) electrons. The summed E-state index contributed by atoms with van der Waals surface area (Å²) in [6, 6.07) is 0. The van der Waals surface area contributed by atoms with Gasteiger partial charge in [-0.1, -0.05) is 20.4 Å². The molecule has 0 saturated heterocycles. The van der Waals surface area contributed by atoms with Crippen LogP contribution in [0.4, 0.5) is 34.9 Å². The fourth-order valence-corrected chi connectivity index (χ4v) is 1.95. The van der Waals surface area contributed by atoms with Crippen molar-refractivity contribution in [1.29, 1.82) is 0 Å². The van der Waals surface area contributed by atoms with Crippen LogP contribution in [0.25, 0.3) is 11.6 Å². The summed E-state index contributed by atoms with van der Waals surface area (Å²) in [4.78, 5) is 62.3. The van der Waals surface area contributed by atoms with Gasteiger partial charge in [0.05, 0.1) is 9.85 Å². The van der Waals surface area contributed by atoms with Gasteiger partial charge in [0, 0.05) is 0 Å². The molecule has 0 aliphatic heterocycles. The zero-order valence-corrected chi connectivity index (χ0v) is 17.4. The number of aromatic amines is 4. The van der Waals surface area contributed by atoms with Gasteiger partial charge < -0.3 is 40.5 Å². The van der Waals surface area contributed by atoms with E-state index in [1.807, 2.05) is 20.4 Å². The van der Waals surface area contributed by atoms with Crippen molar-refractivity contribution in [3.8, 4) is 11.6 Å². The zero-order valence-electron chi connectivity index (χ0n) is 17.4. The maximum Gasteiger partial charge on any atom is 0.453 e. The Bertz CT molecular complexity index is 1340. The molecular formula is C10H6N16O12. The first-order valence-electron chi connectivity index (χ1n) is 8.61. The van der Waals surface area contributed by atoms with E-state index in [0.717, 1.165) is 12.4 Å². The van der Waals surface area contributed by atoms with Crippen LogP contribution in [0.1, 0.15) is 0 Å². The van der Waals surface area contributed by atoms with Gasteiger partial charge in [0.25, 0.3) is 0 Å². The fourth-order valence-electron chi connectivity index (χ4n) is 1.95. The summed E-state index contributed by atoms with van der Waals surface area (Å²) in [5, 5.41) is 81.6. The fraction of sp³-hybridized carbons (Fsp3) is 0. The Balaban J connectivity index is 0.000000206. The van der Waals surface area contributed by atoms with Crippen LogP contribution in [0, 0.1) is 60.7 Å². The SMILES string of the molecule is O=[N+]([O-])c1cn[nH]c1[N+](=O)[O-].O=[N+]([O-])c1cn[nH]c1[N+](=O)[O-].O=[N+]([O-])c1nc(-c2n[nH]c([N+](=O)[O-])n2)n[nH]1. The van der Waals surface area contributed by atoms with Gasteiger partial charge in [-0.2, -0.15) is 0 Å². The summed E-state index contributed by atoms with van der Waals surface area (Å²) < 4.78 is 0. The van der Waals surface area contributed by atoms with Crippen LogP contribution in [0.5, 0.6) is 0 Å². The maximum atomic E-state index is 10.3. The molecule has 0 unspecified atom stereocenters. The predicted molar refractivity (Wildman–Crippen MR) is 109 cm³/mol. The van der Waals surface area contributed by atoms with Gasteiger partial charge >= 0.3 is 46.6 Å². The first-order chi connectivity index (χ1) is 17.8. The lowest BCUT2D eigenvalue weighted by atomic mass is 10.5. The highest BCUT2D eigenvalue weighted by atomic mass is 16.7. The molecule has 4 heterocycles. The molecule has 28 nitrogen and oxygen atoms in total. The third kappa shape index (κ3) is 6.58. The smallest absolute Gasteiger partial charge is 0.390 e. The molecule has 0 aromatic carbocycles. The van der Waals surface area contributed by atoms with Crippen molar-refractivity contribution in [2.45, 2.75) is 0 Å². The van der Waals surface area contributed by atoms with E-state index in [-0.39, 0.29) is 11.6 Å². The molecule has 0 aliphatic carbocycles. The second-order valence-electron chi connectivity index (χ2n) is 5.72. The summed E-state index contributed by atoms with van der Waals surface area (Å²) >= 11 is 0. The van der Waals surface area contributed by atoms with Crippen LogP contribution < -0.4 is 0 Å². The van der Waals surface area contributed by atoms with Crippen molar-refractivity contribution in [1.82, 2.24) is 50.8 Å². The predicted octanol–water partition coefficient (Wildman–Crippen LogP) is -0.142. The highest BCUT2D eigenvalue weighted by molar-refractivity contribution is 5.44. The van der Waals surface area contributed by atoms with Crippen LogP contribution in [0.2, 0.25) is 0 Å². The molecule has 0 spiro atoms. The van der Waals surface area contributed by atoms with Crippen LogP contribution >= 0.6 is 0 Å². The molecule has 0 saturated carbocycles. The van der Waals surface area contributed by atoms with Gasteiger partial charge in [0.1, 0.15) is 0 Å². The number of nitro groups is 6. The Hall–Kier alpha value is -6.90. The van der Waals surface area contributed by atoms with Gasteiger partial charge in [-0.15, -0.1) is 20.4 Å². The molecule has 4 rings (SSSR count). The van der Waals surface area contributed by atoms with Crippen molar-refractivity contribution >= 4 is 34.9 Å². The second kappa shape index (κ2) is 11.5. The number of nitrogens with zero attached hydrogens (tertiary/aromatic N) is 12. The molecule has 4 N–H and O–H groups in total. The van der Waals surface area contributed by atoms with Gasteiger partial charge in [0.2, 0.25) is 0 Å². The Labute approximate surface area is 201 Å². The minimum atomic E-state index is -0.898. The van der Waals surface area contributed by atoms with Crippen LogP contribution in [-0.4, -0.2) is 80.3 Å². The number of rotatable bonds is 7.